The lowest BCUT2D eigenvalue weighted by Gasteiger charge is -2.17. The summed E-state index contributed by atoms with van der Waals surface area (Å²) in [6.45, 7) is 0. The monoisotopic (exact) mass is 314 g/mol. The zero-order valence-corrected chi connectivity index (χ0v) is 12.6. The predicted molar refractivity (Wildman–Crippen MR) is 81.2 cm³/mol. The van der Waals surface area contributed by atoms with Crippen molar-refractivity contribution < 1.29 is 0 Å². The van der Waals surface area contributed by atoms with Crippen molar-refractivity contribution in [1.82, 2.24) is 10.3 Å². The lowest BCUT2D eigenvalue weighted by Crippen LogP contribution is -2.20. The van der Waals surface area contributed by atoms with Crippen LogP contribution in [0.2, 0.25) is 15.1 Å². The lowest BCUT2D eigenvalue weighted by molar-refractivity contribution is 0.576. The van der Waals surface area contributed by atoms with Gasteiger partial charge in [-0.15, -0.1) is 0 Å². The van der Waals surface area contributed by atoms with Gasteiger partial charge >= 0.3 is 0 Å². The van der Waals surface area contributed by atoms with Crippen molar-refractivity contribution in [3.05, 3.63) is 62.9 Å². The number of halogens is 3. The Morgan fingerprint density at radius 2 is 1.79 bits per heavy atom. The molecule has 2 aromatic rings. The van der Waals surface area contributed by atoms with Crippen LogP contribution in [0.1, 0.15) is 17.3 Å². The summed E-state index contributed by atoms with van der Waals surface area (Å²) in [6, 6.07) is 9.48. The van der Waals surface area contributed by atoms with Crippen molar-refractivity contribution in [1.29, 1.82) is 0 Å². The topological polar surface area (TPSA) is 24.9 Å². The van der Waals surface area contributed by atoms with E-state index in [1.165, 1.54) is 0 Å². The van der Waals surface area contributed by atoms with Crippen LogP contribution in [-0.2, 0) is 6.42 Å². The van der Waals surface area contributed by atoms with Gasteiger partial charge in [0.2, 0.25) is 0 Å². The number of hydrogen-bond acceptors (Lipinski definition) is 2. The van der Waals surface area contributed by atoms with Gasteiger partial charge in [0, 0.05) is 11.2 Å². The highest BCUT2D eigenvalue weighted by atomic mass is 35.5. The zero-order chi connectivity index (χ0) is 13.8. The largest absolute Gasteiger partial charge is 0.311 e. The van der Waals surface area contributed by atoms with Crippen molar-refractivity contribution in [2.75, 3.05) is 7.05 Å². The average Bonchev–Trinajstić information content (AvgIpc) is 2.39. The van der Waals surface area contributed by atoms with E-state index in [0.717, 1.165) is 22.7 Å². The number of nitrogens with zero attached hydrogens (tertiary/aromatic N) is 1. The van der Waals surface area contributed by atoms with E-state index in [0.29, 0.717) is 10.0 Å². The fourth-order valence-corrected chi connectivity index (χ4v) is 2.51. The van der Waals surface area contributed by atoms with Crippen molar-refractivity contribution in [3.63, 3.8) is 0 Å². The number of rotatable bonds is 4. The highest BCUT2D eigenvalue weighted by Crippen LogP contribution is 2.26. The van der Waals surface area contributed by atoms with Gasteiger partial charge in [-0.05, 0) is 37.2 Å². The number of pyridine rings is 1. The molecule has 1 aromatic carbocycles. The Labute approximate surface area is 127 Å². The molecule has 0 saturated carbocycles. The maximum Gasteiger partial charge on any atom is 0.0763 e. The van der Waals surface area contributed by atoms with Crippen LogP contribution in [0.25, 0.3) is 0 Å². The Kier molecular flexibility index (Phi) is 5.06. The normalized spacial score (nSPS) is 12.4. The number of aromatic nitrogens is 1. The standard InChI is InChI=1S/C14H13Cl3N2/c1-18-13(6-9-2-4-10(15)5-3-9)14-12(17)7-11(16)8-19-14/h2-5,7-8,13,18H,6H2,1H3. The molecular formula is C14H13Cl3N2. The molecule has 1 aromatic heterocycles. The molecule has 1 heterocycles. The molecule has 0 radical (unpaired) electrons. The first-order chi connectivity index (χ1) is 9.10. The van der Waals surface area contributed by atoms with Crippen LogP contribution >= 0.6 is 34.8 Å². The summed E-state index contributed by atoms with van der Waals surface area (Å²) in [4.78, 5) is 4.31. The first kappa shape index (κ1) is 14.6. The molecule has 0 saturated heterocycles. The number of benzene rings is 1. The molecule has 5 heteroatoms. The van der Waals surface area contributed by atoms with Crippen LogP contribution < -0.4 is 5.32 Å². The van der Waals surface area contributed by atoms with Gasteiger partial charge in [0.25, 0.3) is 0 Å². The van der Waals surface area contributed by atoms with Crippen molar-refractivity contribution in [2.24, 2.45) is 0 Å². The summed E-state index contributed by atoms with van der Waals surface area (Å²) in [7, 11) is 1.88. The Bertz CT molecular complexity index is 555. The molecule has 0 aliphatic carbocycles. The van der Waals surface area contributed by atoms with Crippen molar-refractivity contribution >= 4 is 34.8 Å². The zero-order valence-electron chi connectivity index (χ0n) is 10.3. The molecule has 1 N–H and O–H groups in total. The van der Waals surface area contributed by atoms with E-state index >= 15 is 0 Å². The quantitative estimate of drug-likeness (QED) is 0.895. The third-order valence-electron chi connectivity index (χ3n) is 2.87. The molecule has 1 unspecified atom stereocenters. The minimum Gasteiger partial charge on any atom is -0.311 e. The molecule has 0 aliphatic rings. The van der Waals surface area contributed by atoms with E-state index in [2.05, 4.69) is 10.3 Å². The number of likely N-dealkylation sites (N-methyl/N-ethyl adjacent to an activating group) is 1. The maximum absolute atomic E-state index is 6.19. The average molecular weight is 316 g/mol. The van der Waals surface area contributed by atoms with Gasteiger partial charge in [-0.1, -0.05) is 46.9 Å². The molecule has 0 fully saturated rings. The minimum atomic E-state index is 0.0333. The van der Waals surface area contributed by atoms with E-state index in [4.69, 9.17) is 34.8 Å². The van der Waals surface area contributed by atoms with Gasteiger partial charge in [0.05, 0.1) is 21.8 Å². The van der Waals surface area contributed by atoms with Gasteiger partial charge in [-0.25, -0.2) is 0 Å². The van der Waals surface area contributed by atoms with Gasteiger partial charge in [-0.3, -0.25) is 4.98 Å². The van der Waals surface area contributed by atoms with Gasteiger partial charge in [0.1, 0.15) is 0 Å². The first-order valence-corrected chi connectivity index (χ1v) is 6.96. The molecule has 0 spiro atoms. The van der Waals surface area contributed by atoms with Crippen LogP contribution in [-0.4, -0.2) is 12.0 Å². The lowest BCUT2D eigenvalue weighted by atomic mass is 10.0. The van der Waals surface area contributed by atoms with Crippen LogP contribution in [0, 0.1) is 0 Å². The fraction of sp³-hybridized carbons (Fsp3) is 0.214. The van der Waals surface area contributed by atoms with E-state index in [1.54, 1.807) is 12.3 Å². The molecule has 1 atom stereocenters. The molecule has 0 aliphatic heterocycles. The number of nitrogens with one attached hydrogen (secondary N) is 1. The molecule has 19 heavy (non-hydrogen) atoms. The van der Waals surface area contributed by atoms with Crippen LogP contribution in [0.4, 0.5) is 0 Å². The molecular weight excluding hydrogens is 303 g/mol. The fourth-order valence-electron chi connectivity index (χ4n) is 1.87. The smallest absolute Gasteiger partial charge is 0.0763 e. The number of hydrogen-bond donors (Lipinski definition) is 1. The predicted octanol–water partition coefficient (Wildman–Crippen LogP) is 4.55. The van der Waals surface area contributed by atoms with Crippen LogP contribution in [0.3, 0.4) is 0 Å². The second-order valence-electron chi connectivity index (χ2n) is 4.19. The Morgan fingerprint density at radius 3 is 2.37 bits per heavy atom. The second-order valence-corrected chi connectivity index (χ2v) is 5.47. The van der Waals surface area contributed by atoms with Crippen LogP contribution in [0.5, 0.6) is 0 Å². The Hall–Kier alpha value is -0.800. The highest BCUT2D eigenvalue weighted by Gasteiger charge is 2.15. The summed E-state index contributed by atoms with van der Waals surface area (Å²) >= 11 is 17.9. The summed E-state index contributed by atoms with van der Waals surface area (Å²) in [5, 5.41) is 5.06. The SMILES string of the molecule is CNC(Cc1ccc(Cl)cc1)c1ncc(Cl)cc1Cl. The van der Waals surface area contributed by atoms with Crippen LogP contribution in [0.15, 0.2) is 36.5 Å². The molecule has 0 amide bonds. The maximum atomic E-state index is 6.19. The Morgan fingerprint density at radius 1 is 1.11 bits per heavy atom. The van der Waals surface area contributed by atoms with E-state index < -0.39 is 0 Å². The summed E-state index contributed by atoms with van der Waals surface area (Å²) < 4.78 is 0. The Balaban J connectivity index is 2.22. The summed E-state index contributed by atoms with van der Waals surface area (Å²) in [6.07, 6.45) is 2.39. The summed E-state index contributed by atoms with van der Waals surface area (Å²) in [5.74, 6) is 0. The highest BCUT2D eigenvalue weighted by molar-refractivity contribution is 6.34. The molecule has 2 rings (SSSR count). The van der Waals surface area contributed by atoms with Gasteiger partial charge in [-0.2, -0.15) is 0 Å². The van der Waals surface area contributed by atoms with Crippen molar-refractivity contribution in [2.45, 2.75) is 12.5 Å². The molecule has 100 valence electrons. The van der Waals surface area contributed by atoms with E-state index in [9.17, 15) is 0 Å². The van der Waals surface area contributed by atoms with E-state index in [1.807, 2.05) is 31.3 Å². The first-order valence-electron chi connectivity index (χ1n) is 5.83. The van der Waals surface area contributed by atoms with Crippen molar-refractivity contribution in [3.8, 4) is 0 Å². The minimum absolute atomic E-state index is 0.0333. The molecule has 2 nitrogen and oxygen atoms in total. The van der Waals surface area contributed by atoms with E-state index in [-0.39, 0.29) is 6.04 Å². The third kappa shape index (κ3) is 3.83. The summed E-state index contributed by atoms with van der Waals surface area (Å²) in [5.41, 5.74) is 1.96. The van der Waals surface area contributed by atoms with Gasteiger partial charge < -0.3 is 5.32 Å². The molecule has 0 bridgehead atoms. The van der Waals surface area contributed by atoms with Gasteiger partial charge in [0.15, 0.2) is 0 Å². The third-order valence-corrected chi connectivity index (χ3v) is 3.63. The second kappa shape index (κ2) is 6.58.